The molecule has 136 valence electrons. The predicted molar refractivity (Wildman–Crippen MR) is 93.5 cm³/mol. The van der Waals surface area contributed by atoms with E-state index in [2.05, 4.69) is 34.6 Å². The van der Waals surface area contributed by atoms with Gasteiger partial charge in [0.05, 0.1) is 13.2 Å². The molecular formula is C21H34O3. The molecule has 4 fully saturated rings. The van der Waals surface area contributed by atoms with E-state index >= 15 is 0 Å². The molecule has 1 heterocycles. The van der Waals surface area contributed by atoms with Crippen LogP contribution in [0.4, 0.5) is 0 Å². The maximum absolute atomic E-state index is 13.1. The first-order valence-electron chi connectivity index (χ1n) is 10.00. The second-order valence-electron chi connectivity index (χ2n) is 10.1. The van der Waals surface area contributed by atoms with Crippen LogP contribution in [0.2, 0.25) is 0 Å². The summed E-state index contributed by atoms with van der Waals surface area (Å²) >= 11 is 0. The van der Waals surface area contributed by atoms with Crippen LogP contribution in [0.1, 0.15) is 73.1 Å². The first kappa shape index (κ1) is 17.0. The Bertz CT molecular complexity index is 547. The SMILES string of the molecule is C[C@@H]1CC[C@@H]2[C@@]3(C)CCC4(OCCO4)C(C)(C)[C@@H]3CC[C@@]2(C)C1=O. The first-order chi connectivity index (χ1) is 11.2. The minimum absolute atomic E-state index is 0.00391. The van der Waals surface area contributed by atoms with Gasteiger partial charge in [-0.3, -0.25) is 4.79 Å². The molecule has 1 spiro atoms. The van der Waals surface area contributed by atoms with Crippen LogP contribution in [0.5, 0.6) is 0 Å². The van der Waals surface area contributed by atoms with Gasteiger partial charge in [-0.05, 0) is 49.4 Å². The molecule has 1 saturated heterocycles. The van der Waals surface area contributed by atoms with E-state index in [1.807, 2.05) is 0 Å². The van der Waals surface area contributed by atoms with Crippen LogP contribution in [0.15, 0.2) is 0 Å². The van der Waals surface area contributed by atoms with E-state index in [1.54, 1.807) is 0 Å². The largest absolute Gasteiger partial charge is 0.347 e. The molecule has 24 heavy (non-hydrogen) atoms. The van der Waals surface area contributed by atoms with Crippen molar-refractivity contribution in [3.63, 3.8) is 0 Å². The Kier molecular flexibility index (Phi) is 3.59. The molecule has 0 radical (unpaired) electrons. The van der Waals surface area contributed by atoms with Crippen LogP contribution in [-0.4, -0.2) is 24.8 Å². The maximum atomic E-state index is 13.1. The fraction of sp³-hybridized carbons (Fsp3) is 0.952. The molecular weight excluding hydrogens is 300 g/mol. The van der Waals surface area contributed by atoms with Crippen molar-refractivity contribution >= 4 is 5.78 Å². The Morgan fingerprint density at radius 1 is 0.875 bits per heavy atom. The van der Waals surface area contributed by atoms with E-state index in [4.69, 9.17) is 9.47 Å². The summed E-state index contributed by atoms with van der Waals surface area (Å²) in [6, 6.07) is 0. The van der Waals surface area contributed by atoms with Crippen molar-refractivity contribution in [1.82, 2.24) is 0 Å². The molecule has 3 aliphatic carbocycles. The van der Waals surface area contributed by atoms with Crippen LogP contribution in [0.25, 0.3) is 0 Å². The highest BCUT2D eigenvalue weighted by molar-refractivity contribution is 5.87. The number of fused-ring (bicyclic) bond motifs is 3. The molecule has 4 aliphatic rings. The van der Waals surface area contributed by atoms with Gasteiger partial charge in [0.1, 0.15) is 5.78 Å². The predicted octanol–water partition coefficient (Wildman–Crippen LogP) is 4.59. The van der Waals surface area contributed by atoms with Gasteiger partial charge in [-0.2, -0.15) is 0 Å². The summed E-state index contributed by atoms with van der Waals surface area (Å²) in [5.41, 5.74) is 0.123. The number of carbonyl (C=O) groups excluding carboxylic acids is 1. The zero-order valence-corrected chi connectivity index (χ0v) is 16.1. The second kappa shape index (κ2) is 5.07. The molecule has 0 bridgehead atoms. The number of ketones is 1. The first-order valence-corrected chi connectivity index (χ1v) is 10.00. The lowest BCUT2D eigenvalue weighted by Crippen LogP contribution is -2.65. The fourth-order valence-corrected chi connectivity index (χ4v) is 7.50. The molecule has 0 aromatic carbocycles. The van der Waals surface area contributed by atoms with Gasteiger partial charge in [0, 0.05) is 23.2 Å². The minimum atomic E-state index is -0.392. The van der Waals surface area contributed by atoms with Crippen LogP contribution in [0, 0.1) is 34.0 Å². The van der Waals surface area contributed by atoms with E-state index in [-0.39, 0.29) is 22.2 Å². The van der Waals surface area contributed by atoms with Crippen LogP contribution in [0.3, 0.4) is 0 Å². The van der Waals surface area contributed by atoms with Gasteiger partial charge >= 0.3 is 0 Å². The molecule has 4 rings (SSSR count). The average molecular weight is 335 g/mol. The minimum Gasteiger partial charge on any atom is -0.347 e. The standard InChI is InChI=1S/C21H34O3/c1-14-6-7-16-19(4)10-11-21(23-12-13-24-21)18(2,3)15(19)8-9-20(16,5)17(14)22/h14-16H,6-13H2,1-5H3/t14-,15+,16-,19+,20-/m1/s1. The van der Waals surface area contributed by atoms with Gasteiger partial charge in [-0.25, -0.2) is 0 Å². The normalized spacial score (nSPS) is 49.7. The summed E-state index contributed by atoms with van der Waals surface area (Å²) in [6.07, 6.45) is 6.55. The van der Waals surface area contributed by atoms with Gasteiger partial charge in [0.15, 0.2) is 5.79 Å². The highest BCUT2D eigenvalue weighted by Gasteiger charge is 2.68. The molecule has 0 aromatic heterocycles. The van der Waals surface area contributed by atoms with Crippen LogP contribution < -0.4 is 0 Å². The molecule has 3 saturated carbocycles. The number of hydrogen-bond acceptors (Lipinski definition) is 3. The van der Waals surface area contributed by atoms with Crippen LogP contribution >= 0.6 is 0 Å². The fourth-order valence-electron chi connectivity index (χ4n) is 7.50. The monoisotopic (exact) mass is 334 g/mol. The number of carbonyl (C=O) groups is 1. The summed E-state index contributed by atoms with van der Waals surface area (Å²) < 4.78 is 12.4. The molecule has 0 amide bonds. The Morgan fingerprint density at radius 2 is 1.54 bits per heavy atom. The maximum Gasteiger partial charge on any atom is 0.173 e. The number of ether oxygens (including phenoxy) is 2. The summed E-state index contributed by atoms with van der Waals surface area (Å²) in [5, 5.41) is 0. The van der Waals surface area contributed by atoms with Gasteiger partial charge in [0.2, 0.25) is 0 Å². The lowest BCUT2D eigenvalue weighted by Gasteiger charge is -2.66. The third-order valence-corrected chi connectivity index (χ3v) is 8.81. The van der Waals surface area contributed by atoms with E-state index in [0.717, 1.165) is 45.3 Å². The van der Waals surface area contributed by atoms with E-state index in [1.165, 1.54) is 6.42 Å². The lowest BCUT2D eigenvalue weighted by atomic mass is 9.39. The van der Waals surface area contributed by atoms with Crippen molar-refractivity contribution in [3.05, 3.63) is 0 Å². The van der Waals surface area contributed by atoms with Gasteiger partial charge in [0.25, 0.3) is 0 Å². The summed E-state index contributed by atoms with van der Waals surface area (Å²) in [7, 11) is 0. The lowest BCUT2D eigenvalue weighted by molar-refractivity contribution is -0.301. The highest BCUT2D eigenvalue weighted by Crippen LogP contribution is 2.69. The second-order valence-corrected chi connectivity index (χ2v) is 10.1. The zero-order chi connectivity index (χ0) is 17.4. The van der Waals surface area contributed by atoms with Crippen LogP contribution in [-0.2, 0) is 14.3 Å². The van der Waals surface area contributed by atoms with Crippen molar-refractivity contribution < 1.29 is 14.3 Å². The number of hydrogen-bond donors (Lipinski definition) is 0. The molecule has 3 nitrogen and oxygen atoms in total. The number of rotatable bonds is 0. The van der Waals surface area contributed by atoms with Crippen molar-refractivity contribution in [2.45, 2.75) is 78.9 Å². The van der Waals surface area contributed by atoms with Gasteiger partial charge in [-0.15, -0.1) is 0 Å². The Morgan fingerprint density at radius 3 is 2.21 bits per heavy atom. The van der Waals surface area contributed by atoms with Gasteiger partial charge < -0.3 is 9.47 Å². The number of Topliss-reactive ketones (excluding diaryl/α,β-unsaturated/α-hetero) is 1. The molecule has 5 atom stereocenters. The smallest absolute Gasteiger partial charge is 0.173 e. The zero-order valence-electron chi connectivity index (χ0n) is 16.1. The molecule has 0 N–H and O–H groups in total. The van der Waals surface area contributed by atoms with Crippen molar-refractivity contribution in [1.29, 1.82) is 0 Å². The Balaban J connectivity index is 1.73. The summed E-state index contributed by atoms with van der Waals surface area (Å²) in [5.74, 6) is 1.47. The Hall–Kier alpha value is -0.410. The van der Waals surface area contributed by atoms with Crippen molar-refractivity contribution in [2.24, 2.45) is 34.0 Å². The molecule has 0 unspecified atom stereocenters. The Labute approximate surface area is 146 Å². The van der Waals surface area contributed by atoms with E-state index in [9.17, 15) is 4.79 Å². The third kappa shape index (κ3) is 1.89. The summed E-state index contributed by atoms with van der Waals surface area (Å²) in [6.45, 7) is 13.1. The quantitative estimate of drug-likeness (QED) is 0.650. The topological polar surface area (TPSA) is 35.5 Å². The molecule has 3 heteroatoms. The summed E-state index contributed by atoms with van der Waals surface area (Å²) in [4.78, 5) is 13.1. The molecule has 0 aromatic rings. The highest BCUT2D eigenvalue weighted by atomic mass is 16.7. The average Bonchev–Trinajstić information content (AvgIpc) is 3.00. The van der Waals surface area contributed by atoms with Crippen molar-refractivity contribution in [2.75, 3.05) is 13.2 Å². The molecule has 1 aliphatic heterocycles. The van der Waals surface area contributed by atoms with E-state index in [0.29, 0.717) is 17.6 Å². The van der Waals surface area contributed by atoms with Crippen molar-refractivity contribution in [3.8, 4) is 0 Å². The van der Waals surface area contributed by atoms with Gasteiger partial charge in [-0.1, -0.05) is 34.6 Å². The van der Waals surface area contributed by atoms with E-state index < -0.39 is 5.79 Å². The third-order valence-electron chi connectivity index (χ3n) is 8.81.